The highest BCUT2D eigenvalue weighted by Gasteiger charge is 2.37. The van der Waals surface area contributed by atoms with E-state index in [0.717, 1.165) is 30.2 Å². The van der Waals surface area contributed by atoms with Crippen molar-refractivity contribution in [3.63, 3.8) is 0 Å². The van der Waals surface area contributed by atoms with E-state index in [-0.39, 0.29) is 16.9 Å². The Morgan fingerprint density at radius 2 is 1.54 bits per heavy atom. The molecule has 0 saturated carbocycles. The molecule has 5 nitrogen and oxygen atoms in total. The van der Waals surface area contributed by atoms with Gasteiger partial charge in [-0.2, -0.15) is 13.2 Å². The predicted molar refractivity (Wildman–Crippen MR) is 97.8 cm³/mol. The highest BCUT2D eigenvalue weighted by atomic mass is 19.4. The molecule has 1 aliphatic heterocycles. The minimum Gasteiger partial charge on any atom is -0.478 e. The summed E-state index contributed by atoms with van der Waals surface area (Å²) in [6.07, 6.45) is -2.09. The number of carbonyl (C=O) groups is 2. The second kappa shape index (κ2) is 7.92. The van der Waals surface area contributed by atoms with Gasteiger partial charge in [-0.05, 0) is 55.7 Å². The Hall–Kier alpha value is -3.03. The van der Waals surface area contributed by atoms with Crippen LogP contribution in [0.1, 0.15) is 35.2 Å². The molecule has 1 aliphatic rings. The molecular formula is C20H19F3N2O3. The van der Waals surface area contributed by atoms with Gasteiger partial charge in [0.15, 0.2) is 0 Å². The number of benzene rings is 2. The average molecular weight is 392 g/mol. The van der Waals surface area contributed by atoms with Crippen LogP contribution in [0.3, 0.4) is 0 Å². The highest BCUT2D eigenvalue weighted by Crippen LogP contribution is 2.39. The molecule has 0 radical (unpaired) electrons. The maximum atomic E-state index is 13.6. The summed E-state index contributed by atoms with van der Waals surface area (Å²) in [6.45, 7) is 0.938. The van der Waals surface area contributed by atoms with Crippen LogP contribution in [0.4, 0.5) is 29.3 Å². The number of urea groups is 1. The Balaban J connectivity index is 2.10. The van der Waals surface area contributed by atoms with Crippen molar-refractivity contribution in [2.75, 3.05) is 18.0 Å². The molecule has 0 spiro atoms. The summed E-state index contributed by atoms with van der Waals surface area (Å²) in [5.74, 6) is -1.16. The lowest BCUT2D eigenvalue weighted by Gasteiger charge is -2.34. The van der Waals surface area contributed by atoms with Gasteiger partial charge in [0, 0.05) is 13.1 Å². The molecule has 0 bridgehead atoms. The summed E-state index contributed by atoms with van der Waals surface area (Å²) in [4.78, 5) is 26.8. The molecule has 148 valence electrons. The number of para-hydroxylation sites is 1. The second-order valence-corrected chi connectivity index (χ2v) is 6.53. The summed E-state index contributed by atoms with van der Waals surface area (Å²) in [6, 6.07) is 9.55. The van der Waals surface area contributed by atoms with Crippen LogP contribution in [0, 0.1) is 0 Å². The number of aromatic carboxylic acids is 1. The van der Waals surface area contributed by atoms with Crippen molar-refractivity contribution < 1.29 is 27.9 Å². The number of nitrogens with zero attached hydrogens (tertiary/aromatic N) is 2. The Bertz CT molecular complexity index is 860. The normalized spacial score (nSPS) is 14.6. The number of hydrogen-bond donors (Lipinski definition) is 1. The van der Waals surface area contributed by atoms with Crippen LogP contribution < -0.4 is 4.90 Å². The Morgan fingerprint density at radius 1 is 0.929 bits per heavy atom. The minimum absolute atomic E-state index is 0.0155. The first-order valence-corrected chi connectivity index (χ1v) is 8.87. The third kappa shape index (κ3) is 4.11. The first-order chi connectivity index (χ1) is 13.3. The second-order valence-electron chi connectivity index (χ2n) is 6.53. The number of carboxylic acid groups (broad SMARTS) is 1. The number of halogens is 3. The molecule has 2 aromatic rings. The highest BCUT2D eigenvalue weighted by molar-refractivity contribution is 6.00. The van der Waals surface area contributed by atoms with Crippen LogP contribution >= 0.6 is 0 Å². The summed E-state index contributed by atoms with van der Waals surface area (Å²) >= 11 is 0. The first kappa shape index (κ1) is 19.7. The van der Waals surface area contributed by atoms with Crippen molar-refractivity contribution in [2.24, 2.45) is 0 Å². The zero-order valence-corrected chi connectivity index (χ0v) is 14.9. The quantitative estimate of drug-likeness (QED) is 0.786. The molecule has 0 aromatic heterocycles. The van der Waals surface area contributed by atoms with Crippen molar-refractivity contribution in [3.05, 3.63) is 59.7 Å². The first-order valence-electron chi connectivity index (χ1n) is 8.87. The molecule has 0 atom stereocenters. The summed E-state index contributed by atoms with van der Waals surface area (Å²) in [5, 5.41) is 9.06. The molecule has 8 heteroatoms. The lowest BCUT2D eigenvalue weighted by Crippen LogP contribution is -2.44. The van der Waals surface area contributed by atoms with Crippen LogP contribution in [0.15, 0.2) is 48.5 Å². The fourth-order valence-electron chi connectivity index (χ4n) is 3.24. The molecular weight excluding hydrogens is 373 g/mol. The van der Waals surface area contributed by atoms with Gasteiger partial charge in [0.05, 0.1) is 22.5 Å². The van der Waals surface area contributed by atoms with E-state index in [0.29, 0.717) is 13.1 Å². The SMILES string of the molecule is O=C(O)c1ccc(N(C(=O)N2CCCCC2)c2ccccc2C(F)(F)F)cc1. The van der Waals surface area contributed by atoms with Crippen molar-refractivity contribution in [1.82, 2.24) is 4.90 Å². The van der Waals surface area contributed by atoms with Gasteiger partial charge >= 0.3 is 18.2 Å². The standard InChI is InChI=1S/C20H19F3N2O3/c21-20(22,23)16-6-2-3-7-17(16)25(19(28)24-12-4-1-5-13-24)15-10-8-14(9-11-15)18(26)27/h2-3,6-11H,1,4-5,12-13H2,(H,26,27). The van der Waals surface area contributed by atoms with E-state index in [2.05, 4.69) is 0 Å². The van der Waals surface area contributed by atoms with Gasteiger partial charge in [-0.15, -0.1) is 0 Å². The summed E-state index contributed by atoms with van der Waals surface area (Å²) in [5.41, 5.74) is -1.05. The zero-order valence-electron chi connectivity index (χ0n) is 14.9. The summed E-state index contributed by atoms with van der Waals surface area (Å²) in [7, 11) is 0. The fourth-order valence-corrected chi connectivity index (χ4v) is 3.24. The van der Waals surface area contributed by atoms with E-state index < -0.39 is 23.7 Å². The van der Waals surface area contributed by atoms with E-state index in [9.17, 15) is 22.8 Å². The van der Waals surface area contributed by atoms with Gasteiger partial charge in [-0.1, -0.05) is 12.1 Å². The number of alkyl halides is 3. The van der Waals surface area contributed by atoms with Crippen molar-refractivity contribution in [1.29, 1.82) is 0 Å². The van der Waals surface area contributed by atoms with Crippen molar-refractivity contribution >= 4 is 23.4 Å². The van der Waals surface area contributed by atoms with E-state index in [4.69, 9.17) is 5.11 Å². The number of hydrogen-bond acceptors (Lipinski definition) is 2. The van der Waals surface area contributed by atoms with Gasteiger partial charge in [-0.3, -0.25) is 4.90 Å². The number of carboxylic acids is 1. The number of likely N-dealkylation sites (tertiary alicyclic amines) is 1. The van der Waals surface area contributed by atoms with Crippen LogP contribution in [0.5, 0.6) is 0 Å². The van der Waals surface area contributed by atoms with Crippen LogP contribution in [0.2, 0.25) is 0 Å². The number of anilines is 2. The van der Waals surface area contributed by atoms with Crippen LogP contribution in [0.25, 0.3) is 0 Å². The largest absolute Gasteiger partial charge is 0.478 e. The summed E-state index contributed by atoms with van der Waals surface area (Å²) < 4.78 is 40.7. The fraction of sp³-hybridized carbons (Fsp3) is 0.300. The monoisotopic (exact) mass is 392 g/mol. The molecule has 1 fully saturated rings. The van der Waals surface area contributed by atoms with Gasteiger partial charge in [-0.25, -0.2) is 9.59 Å². The number of piperidine rings is 1. The Kier molecular flexibility index (Phi) is 5.58. The molecule has 1 saturated heterocycles. The van der Waals surface area contributed by atoms with Crippen LogP contribution in [-0.4, -0.2) is 35.1 Å². The average Bonchev–Trinajstić information content (AvgIpc) is 2.69. The molecule has 2 aromatic carbocycles. The molecule has 2 amide bonds. The van der Waals surface area contributed by atoms with Crippen LogP contribution in [-0.2, 0) is 6.18 Å². The topological polar surface area (TPSA) is 60.9 Å². The molecule has 0 unspecified atom stereocenters. The van der Waals surface area contributed by atoms with E-state index in [1.807, 2.05) is 0 Å². The Labute approximate surface area is 160 Å². The number of amides is 2. The minimum atomic E-state index is -4.64. The van der Waals surface area contributed by atoms with E-state index in [1.54, 1.807) is 0 Å². The van der Waals surface area contributed by atoms with Gasteiger partial charge in [0.1, 0.15) is 0 Å². The maximum Gasteiger partial charge on any atom is 0.418 e. The third-order valence-corrected chi connectivity index (χ3v) is 4.64. The van der Waals surface area contributed by atoms with Gasteiger partial charge in [0.25, 0.3) is 0 Å². The smallest absolute Gasteiger partial charge is 0.418 e. The zero-order chi connectivity index (χ0) is 20.3. The molecule has 1 N–H and O–H groups in total. The lowest BCUT2D eigenvalue weighted by atomic mass is 10.1. The van der Waals surface area contributed by atoms with Crippen molar-refractivity contribution in [2.45, 2.75) is 25.4 Å². The van der Waals surface area contributed by atoms with E-state index >= 15 is 0 Å². The van der Waals surface area contributed by atoms with E-state index in [1.165, 1.54) is 47.4 Å². The lowest BCUT2D eigenvalue weighted by molar-refractivity contribution is -0.137. The number of carbonyl (C=O) groups excluding carboxylic acids is 1. The molecule has 3 rings (SSSR count). The van der Waals surface area contributed by atoms with Crippen molar-refractivity contribution in [3.8, 4) is 0 Å². The maximum absolute atomic E-state index is 13.6. The molecule has 28 heavy (non-hydrogen) atoms. The Morgan fingerprint density at radius 3 is 2.11 bits per heavy atom. The number of rotatable bonds is 3. The molecule has 1 heterocycles. The van der Waals surface area contributed by atoms with Gasteiger partial charge in [0.2, 0.25) is 0 Å². The predicted octanol–water partition coefficient (Wildman–Crippen LogP) is 5.15. The third-order valence-electron chi connectivity index (χ3n) is 4.64. The molecule has 0 aliphatic carbocycles. The van der Waals surface area contributed by atoms with Gasteiger partial charge < -0.3 is 10.0 Å².